The number of fused-ring (bicyclic) bond motifs is 2. The van der Waals surface area contributed by atoms with Crippen molar-refractivity contribution in [2.24, 2.45) is 0 Å². The quantitative estimate of drug-likeness (QED) is 0.580. The Morgan fingerprint density at radius 3 is 1.93 bits per heavy atom. The largest absolute Gasteiger partial charge is 0.288 e. The third-order valence-electron chi connectivity index (χ3n) is 2.19. The molecule has 1 N–H and O–H groups in total. The lowest BCUT2D eigenvalue weighted by Gasteiger charge is -1.93. The summed E-state index contributed by atoms with van der Waals surface area (Å²) in [5, 5.41) is 2.27. The lowest BCUT2D eigenvalue weighted by Crippen LogP contribution is -2.19. The second-order valence-electron chi connectivity index (χ2n) is 3.08. The molecule has 0 saturated heterocycles. The van der Waals surface area contributed by atoms with E-state index < -0.39 is 0 Å². The van der Waals surface area contributed by atoms with Gasteiger partial charge in [-0.15, -0.1) is 22.7 Å². The van der Waals surface area contributed by atoms with Crippen molar-refractivity contribution in [3.8, 4) is 0 Å². The van der Waals surface area contributed by atoms with Crippen LogP contribution in [0.15, 0.2) is 12.1 Å². The Kier molecular flexibility index (Phi) is 1.79. The summed E-state index contributed by atoms with van der Waals surface area (Å²) >= 11 is 7.99. The normalized spacial score (nSPS) is 14.4. The molecule has 1 aliphatic heterocycles. The first-order valence-electron chi connectivity index (χ1n) is 4.08. The zero-order valence-electron chi connectivity index (χ0n) is 7.20. The number of nitrogens with one attached hydrogen (secondary N) is 1. The Labute approximate surface area is 97.4 Å². The zero-order chi connectivity index (χ0) is 10.6. The molecule has 0 spiro atoms. The van der Waals surface area contributed by atoms with Crippen LogP contribution in [0, 0.1) is 3.14 Å². The summed E-state index contributed by atoms with van der Waals surface area (Å²) in [5.74, 6) is -0.637. The van der Waals surface area contributed by atoms with Crippen LogP contribution >= 0.6 is 34.9 Å². The van der Waals surface area contributed by atoms with E-state index in [4.69, 9.17) is 12.2 Å². The van der Waals surface area contributed by atoms with Gasteiger partial charge >= 0.3 is 0 Å². The minimum atomic E-state index is -0.318. The summed E-state index contributed by atoms with van der Waals surface area (Å²) in [6.45, 7) is 0. The molecule has 0 aliphatic carbocycles. The predicted octanol–water partition coefficient (Wildman–Crippen LogP) is 2.58. The third kappa shape index (κ3) is 1.26. The molecule has 0 radical (unpaired) electrons. The highest BCUT2D eigenvalue weighted by molar-refractivity contribution is 7.77. The smallest absolute Gasteiger partial charge is 0.258 e. The predicted molar refractivity (Wildman–Crippen MR) is 62.3 cm³/mol. The first-order valence-corrected chi connectivity index (χ1v) is 6.12. The summed E-state index contributed by atoms with van der Waals surface area (Å²) in [4.78, 5) is 22.8. The van der Waals surface area contributed by atoms with Gasteiger partial charge in [-0.1, -0.05) is 12.2 Å². The van der Waals surface area contributed by atoms with E-state index >= 15 is 0 Å². The van der Waals surface area contributed by atoms with E-state index in [9.17, 15) is 9.59 Å². The van der Waals surface area contributed by atoms with E-state index in [1.807, 2.05) is 0 Å². The van der Waals surface area contributed by atoms with Gasteiger partial charge in [-0.25, -0.2) is 0 Å². The van der Waals surface area contributed by atoms with Gasteiger partial charge in [0, 0.05) is 9.40 Å². The molecule has 15 heavy (non-hydrogen) atoms. The van der Waals surface area contributed by atoms with Crippen molar-refractivity contribution < 1.29 is 9.59 Å². The average molecular weight is 253 g/mol. The number of carbonyl (C=O) groups excluding carboxylic acids is 2. The van der Waals surface area contributed by atoms with Gasteiger partial charge in [-0.05, 0) is 12.1 Å². The van der Waals surface area contributed by atoms with Crippen molar-refractivity contribution >= 4 is 56.1 Å². The van der Waals surface area contributed by atoms with E-state index in [2.05, 4.69) is 5.32 Å². The molecule has 2 aromatic rings. The molecule has 1 aromatic heterocycles. The van der Waals surface area contributed by atoms with Gasteiger partial charge in [-0.3, -0.25) is 14.9 Å². The molecule has 3 nitrogen and oxygen atoms in total. The van der Waals surface area contributed by atoms with Crippen molar-refractivity contribution in [1.82, 2.24) is 5.32 Å². The fourth-order valence-electron chi connectivity index (χ4n) is 1.53. The Balaban J connectivity index is 2.45. The lowest BCUT2D eigenvalue weighted by atomic mass is 10.1. The van der Waals surface area contributed by atoms with Gasteiger partial charge in [0.2, 0.25) is 0 Å². The molecule has 0 atom stereocenters. The van der Waals surface area contributed by atoms with Gasteiger partial charge in [0.15, 0.2) is 0 Å². The maximum absolute atomic E-state index is 11.4. The standard InChI is InChI=1S/C9H3NO2S3/c11-7-3-1-5-6(15-9(13)14-5)2-4(3)8(12)10-7/h1-2H,(H,10,11,12). The van der Waals surface area contributed by atoms with Gasteiger partial charge < -0.3 is 0 Å². The fraction of sp³-hybridized carbons (Fsp3) is 0. The first-order chi connectivity index (χ1) is 7.15. The van der Waals surface area contributed by atoms with Crippen LogP contribution in [0.3, 0.4) is 0 Å². The van der Waals surface area contributed by atoms with Crippen molar-refractivity contribution in [1.29, 1.82) is 0 Å². The lowest BCUT2D eigenvalue weighted by molar-refractivity contribution is 0.0879. The van der Waals surface area contributed by atoms with Crippen molar-refractivity contribution in [3.63, 3.8) is 0 Å². The molecule has 74 valence electrons. The molecule has 1 aromatic carbocycles. The number of hydrogen-bond acceptors (Lipinski definition) is 5. The Bertz CT molecular complexity index is 614. The van der Waals surface area contributed by atoms with Crippen LogP contribution in [0.2, 0.25) is 0 Å². The molecule has 0 fully saturated rings. The van der Waals surface area contributed by atoms with E-state index in [0.29, 0.717) is 11.1 Å². The van der Waals surface area contributed by atoms with Crippen molar-refractivity contribution in [2.75, 3.05) is 0 Å². The SMILES string of the molecule is O=C1NC(=O)c2cc3sc(=S)sc3cc21. The molecule has 1 aliphatic rings. The van der Waals surface area contributed by atoms with Crippen LogP contribution in [0.5, 0.6) is 0 Å². The Morgan fingerprint density at radius 1 is 1.00 bits per heavy atom. The topological polar surface area (TPSA) is 46.2 Å². The first kappa shape index (κ1) is 9.14. The monoisotopic (exact) mass is 253 g/mol. The molecule has 0 saturated carbocycles. The highest BCUT2D eigenvalue weighted by Gasteiger charge is 2.27. The van der Waals surface area contributed by atoms with Gasteiger partial charge in [0.1, 0.15) is 3.14 Å². The number of carbonyl (C=O) groups is 2. The van der Waals surface area contributed by atoms with Gasteiger partial charge in [-0.2, -0.15) is 0 Å². The van der Waals surface area contributed by atoms with Crippen molar-refractivity contribution in [2.45, 2.75) is 0 Å². The van der Waals surface area contributed by atoms with Crippen molar-refractivity contribution in [3.05, 3.63) is 26.4 Å². The van der Waals surface area contributed by atoms with Crippen LogP contribution in [-0.4, -0.2) is 11.8 Å². The zero-order valence-corrected chi connectivity index (χ0v) is 9.65. The molecule has 6 heteroatoms. The minimum absolute atomic E-state index is 0.318. The summed E-state index contributed by atoms with van der Waals surface area (Å²) in [7, 11) is 0. The molecule has 0 bridgehead atoms. The molecule has 2 heterocycles. The Hall–Kier alpha value is -1.11. The second-order valence-corrected chi connectivity index (χ2v) is 6.37. The van der Waals surface area contributed by atoms with Crippen LogP contribution in [0.25, 0.3) is 9.40 Å². The van der Waals surface area contributed by atoms with E-state index in [1.54, 1.807) is 12.1 Å². The highest BCUT2D eigenvalue weighted by Crippen LogP contribution is 2.32. The van der Waals surface area contributed by atoms with Crippen LogP contribution in [0.1, 0.15) is 20.7 Å². The van der Waals surface area contributed by atoms with E-state index in [-0.39, 0.29) is 11.8 Å². The van der Waals surface area contributed by atoms with Gasteiger partial charge in [0.25, 0.3) is 11.8 Å². The molecule has 2 amide bonds. The fourth-order valence-corrected chi connectivity index (χ4v) is 4.06. The summed E-state index contributed by atoms with van der Waals surface area (Å²) < 4.78 is 2.74. The summed E-state index contributed by atoms with van der Waals surface area (Å²) in [6, 6.07) is 3.48. The second kappa shape index (κ2) is 2.94. The van der Waals surface area contributed by atoms with Crippen LogP contribution in [-0.2, 0) is 0 Å². The number of amides is 2. The van der Waals surface area contributed by atoms with E-state index in [0.717, 1.165) is 12.5 Å². The number of imide groups is 1. The van der Waals surface area contributed by atoms with E-state index in [1.165, 1.54) is 22.7 Å². The highest BCUT2D eigenvalue weighted by atomic mass is 32.2. The number of benzene rings is 1. The Morgan fingerprint density at radius 2 is 1.47 bits per heavy atom. The maximum atomic E-state index is 11.4. The minimum Gasteiger partial charge on any atom is -0.288 e. The average Bonchev–Trinajstić information content (AvgIpc) is 2.65. The molecule has 0 unspecified atom stereocenters. The number of rotatable bonds is 0. The molecular formula is C9H3NO2S3. The number of hydrogen-bond donors (Lipinski definition) is 1. The van der Waals surface area contributed by atoms with Crippen LogP contribution < -0.4 is 5.32 Å². The van der Waals surface area contributed by atoms with Crippen LogP contribution in [0.4, 0.5) is 0 Å². The maximum Gasteiger partial charge on any atom is 0.258 e. The van der Waals surface area contributed by atoms with Gasteiger partial charge in [0.05, 0.1) is 11.1 Å². The summed E-state index contributed by atoms with van der Waals surface area (Å²) in [6.07, 6.45) is 0. The molecular weight excluding hydrogens is 250 g/mol. The molecule has 3 rings (SSSR count). The third-order valence-corrected chi connectivity index (χ3v) is 4.76. The summed E-state index contributed by atoms with van der Waals surface area (Å²) in [5.41, 5.74) is 0.910.